The lowest BCUT2D eigenvalue weighted by Gasteiger charge is -2.26. The van der Waals surface area contributed by atoms with E-state index in [1.807, 2.05) is 0 Å². The molecule has 3 aromatic rings. The highest BCUT2D eigenvalue weighted by Crippen LogP contribution is 2.53. The first-order valence-electron chi connectivity index (χ1n) is 11.6. The van der Waals surface area contributed by atoms with Crippen molar-refractivity contribution in [2.45, 2.75) is 22.1 Å². The Labute approximate surface area is 229 Å². The molecule has 2 fully saturated rings. The summed E-state index contributed by atoms with van der Waals surface area (Å²) in [6.45, 7) is 1.06. The van der Waals surface area contributed by atoms with Gasteiger partial charge >= 0.3 is 16.2 Å². The van der Waals surface area contributed by atoms with Gasteiger partial charge in [0, 0.05) is 28.9 Å². The van der Waals surface area contributed by atoms with Crippen molar-refractivity contribution in [1.29, 1.82) is 0 Å². The number of carbonyl (C=O) groups is 1. The van der Waals surface area contributed by atoms with Gasteiger partial charge in [-0.15, -0.1) is 11.3 Å². The summed E-state index contributed by atoms with van der Waals surface area (Å²) in [4.78, 5) is 13.0. The van der Waals surface area contributed by atoms with Crippen LogP contribution in [0.2, 0.25) is 5.02 Å². The average Bonchev–Trinajstić information content (AvgIpc) is 3.37. The number of nitrogens with zero attached hydrogens (tertiary/aromatic N) is 1. The molecule has 38 heavy (non-hydrogen) atoms. The number of carboxylic acids is 1. The second kappa shape index (κ2) is 10.2. The number of benzene rings is 2. The Morgan fingerprint density at radius 3 is 2.45 bits per heavy atom. The maximum Gasteiger partial charge on any atom is 0.325 e. The molecule has 1 aliphatic heterocycles. The zero-order chi connectivity index (χ0) is 27.1. The normalized spacial score (nSPS) is 22.2. The van der Waals surface area contributed by atoms with Crippen LogP contribution in [-0.4, -0.2) is 64.1 Å². The second-order valence-electron chi connectivity index (χ2n) is 9.01. The smallest absolute Gasteiger partial charge is 0.325 e. The third-order valence-electron chi connectivity index (χ3n) is 6.48. The van der Waals surface area contributed by atoms with E-state index in [9.17, 15) is 26.7 Å². The summed E-state index contributed by atoms with van der Waals surface area (Å²) in [5.41, 5.74) is -0.195. The number of ether oxygens (including phenoxy) is 1. The minimum absolute atomic E-state index is 0.0132. The first kappa shape index (κ1) is 27.1. The number of carboxylic acid groups (broad SMARTS) is 1. The average molecular weight is 598 g/mol. The highest BCUT2D eigenvalue weighted by Gasteiger charge is 2.63. The highest BCUT2D eigenvalue weighted by molar-refractivity contribution is 7.91. The van der Waals surface area contributed by atoms with Crippen LogP contribution >= 0.6 is 22.9 Å². The Morgan fingerprint density at radius 1 is 1.05 bits per heavy atom. The van der Waals surface area contributed by atoms with Gasteiger partial charge in [-0.1, -0.05) is 35.9 Å². The van der Waals surface area contributed by atoms with Crippen LogP contribution in [0.4, 0.5) is 5.69 Å². The van der Waals surface area contributed by atoms with E-state index in [-0.39, 0.29) is 29.4 Å². The Kier molecular flexibility index (Phi) is 7.28. The van der Waals surface area contributed by atoms with Gasteiger partial charge < -0.3 is 9.84 Å². The van der Waals surface area contributed by atoms with Gasteiger partial charge in [-0.25, -0.2) is 8.42 Å². The molecule has 1 saturated heterocycles. The number of anilines is 1. The molecule has 0 unspecified atom stereocenters. The third-order valence-corrected chi connectivity index (χ3v) is 11.4. The van der Waals surface area contributed by atoms with Crippen LogP contribution in [0.1, 0.15) is 17.9 Å². The van der Waals surface area contributed by atoms with E-state index in [0.29, 0.717) is 28.7 Å². The summed E-state index contributed by atoms with van der Waals surface area (Å²) in [7, 11) is -7.98. The molecule has 1 aromatic heterocycles. The number of aliphatic carboxylic acids is 1. The Bertz CT molecular complexity index is 1570. The van der Waals surface area contributed by atoms with Crippen molar-refractivity contribution in [3.05, 3.63) is 71.2 Å². The Morgan fingerprint density at radius 2 is 1.76 bits per heavy atom. The van der Waals surface area contributed by atoms with Crippen LogP contribution in [-0.2, 0) is 29.8 Å². The minimum atomic E-state index is -4.16. The summed E-state index contributed by atoms with van der Waals surface area (Å²) in [6, 6.07) is 16.4. The molecule has 2 heterocycles. The van der Waals surface area contributed by atoms with E-state index < -0.39 is 37.7 Å². The molecule has 2 aromatic carbocycles. The number of hydrogen-bond donors (Lipinski definition) is 3. The lowest BCUT2D eigenvalue weighted by molar-refractivity contribution is -0.140. The number of rotatable bonds is 9. The van der Waals surface area contributed by atoms with Gasteiger partial charge in [0.1, 0.15) is 9.75 Å². The molecular formula is C24H24ClN3O7S3. The molecule has 1 aliphatic carbocycles. The van der Waals surface area contributed by atoms with Crippen LogP contribution in [0.3, 0.4) is 0 Å². The topological polar surface area (TPSA) is 142 Å². The summed E-state index contributed by atoms with van der Waals surface area (Å²) < 4.78 is 63.2. The van der Waals surface area contributed by atoms with E-state index in [1.54, 1.807) is 48.5 Å². The second-order valence-corrected chi connectivity index (χ2v) is 14.1. The summed E-state index contributed by atoms with van der Waals surface area (Å²) >= 11 is 6.95. The number of sulfonamides is 1. The first-order valence-corrected chi connectivity index (χ1v) is 15.7. The van der Waals surface area contributed by atoms with Crippen molar-refractivity contribution < 1.29 is 31.5 Å². The van der Waals surface area contributed by atoms with E-state index in [4.69, 9.17) is 16.3 Å². The fourth-order valence-corrected chi connectivity index (χ4v) is 8.43. The van der Waals surface area contributed by atoms with Crippen molar-refractivity contribution in [3.8, 4) is 10.4 Å². The number of thiophene rings is 1. The largest absolute Gasteiger partial charge is 0.480 e. The van der Waals surface area contributed by atoms with E-state index in [0.717, 1.165) is 16.9 Å². The van der Waals surface area contributed by atoms with Crippen LogP contribution < -0.4 is 9.44 Å². The Hall–Kier alpha value is -2.52. The van der Waals surface area contributed by atoms with Gasteiger partial charge in [-0.2, -0.15) is 17.4 Å². The molecule has 2 atom stereocenters. The maximum absolute atomic E-state index is 13.2. The van der Waals surface area contributed by atoms with Crippen LogP contribution in [0.5, 0.6) is 0 Å². The molecule has 10 nitrogen and oxygen atoms in total. The van der Waals surface area contributed by atoms with E-state index >= 15 is 0 Å². The van der Waals surface area contributed by atoms with Crippen molar-refractivity contribution in [2.75, 3.05) is 31.0 Å². The molecule has 14 heteroatoms. The quantitative estimate of drug-likeness (QED) is 0.343. The molecule has 0 spiro atoms. The Balaban J connectivity index is 1.34. The molecule has 202 valence electrons. The molecule has 3 N–H and O–H groups in total. The van der Waals surface area contributed by atoms with Crippen molar-refractivity contribution in [2.24, 2.45) is 0 Å². The van der Waals surface area contributed by atoms with Gasteiger partial charge in [-0.3, -0.25) is 9.52 Å². The van der Waals surface area contributed by atoms with Crippen LogP contribution in [0.25, 0.3) is 10.4 Å². The predicted octanol–water partition coefficient (Wildman–Crippen LogP) is 3.35. The number of hydrogen-bond acceptors (Lipinski definition) is 7. The molecule has 2 aliphatic rings. The summed E-state index contributed by atoms with van der Waals surface area (Å²) in [5.74, 6) is -1.99. The molecule has 5 rings (SSSR count). The molecular weight excluding hydrogens is 574 g/mol. The zero-order valence-corrected chi connectivity index (χ0v) is 23.0. The lowest BCUT2D eigenvalue weighted by Crippen LogP contribution is -2.44. The molecule has 0 bridgehead atoms. The van der Waals surface area contributed by atoms with Gasteiger partial charge in [0.25, 0.3) is 10.0 Å². The summed E-state index contributed by atoms with van der Waals surface area (Å²) in [5, 5.41) is 10.6. The van der Waals surface area contributed by atoms with Crippen molar-refractivity contribution >= 4 is 54.8 Å². The first-order chi connectivity index (χ1) is 18.0. The molecule has 0 amide bonds. The minimum Gasteiger partial charge on any atom is -0.480 e. The van der Waals surface area contributed by atoms with Crippen LogP contribution in [0, 0.1) is 0 Å². The lowest BCUT2D eigenvalue weighted by atomic mass is 10.1. The SMILES string of the molecule is O=C(O)[C@@]1(NS(=O)(=O)c2ccc(-c3ccc(Cl)cc3)s2)C[C@H]1c1cccc(NS(=O)(=O)N2CCOCC2)c1. The van der Waals surface area contributed by atoms with Gasteiger partial charge in [0.05, 0.1) is 18.9 Å². The van der Waals surface area contributed by atoms with Crippen molar-refractivity contribution in [3.63, 3.8) is 0 Å². The zero-order valence-electron chi connectivity index (χ0n) is 19.8. The highest BCUT2D eigenvalue weighted by atomic mass is 35.5. The fraction of sp³-hybridized carbons (Fsp3) is 0.292. The number of halogens is 1. The summed E-state index contributed by atoms with van der Waals surface area (Å²) in [6.07, 6.45) is 0.0245. The van der Waals surface area contributed by atoms with Gasteiger partial charge in [0.15, 0.2) is 0 Å². The monoisotopic (exact) mass is 597 g/mol. The fourth-order valence-electron chi connectivity index (χ4n) is 4.40. The van der Waals surface area contributed by atoms with Crippen LogP contribution in [0.15, 0.2) is 64.9 Å². The maximum atomic E-state index is 13.2. The third kappa shape index (κ3) is 5.45. The standard InChI is InChI=1S/C24H24ClN3O7S3/c25-18-6-4-16(5-7-18)21-8-9-22(36-21)37(31,32)27-24(23(29)30)15-20(24)17-2-1-3-19(14-17)26-38(33,34)28-10-12-35-13-11-28/h1-9,14,20,26-27H,10-13,15H2,(H,29,30)/t20-,24+/m0/s1. The van der Waals surface area contributed by atoms with Crippen molar-refractivity contribution in [1.82, 2.24) is 9.03 Å². The van der Waals surface area contributed by atoms with Gasteiger partial charge in [0.2, 0.25) is 0 Å². The number of nitrogens with one attached hydrogen (secondary N) is 2. The van der Waals surface area contributed by atoms with Gasteiger partial charge in [-0.05, 0) is 53.9 Å². The molecule has 1 saturated carbocycles. The predicted molar refractivity (Wildman–Crippen MR) is 144 cm³/mol. The van der Waals surface area contributed by atoms with E-state index in [1.165, 1.54) is 16.4 Å². The number of morpholine rings is 1. The van der Waals surface area contributed by atoms with E-state index in [2.05, 4.69) is 9.44 Å². The molecule has 0 radical (unpaired) electrons.